The second-order valence-electron chi connectivity index (χ2n) is 7.85. The molecule has 1 aliphatic heterocycles. The number of aromatic nitrogens is 3. The highest BCUT2D eigenvalue weighted by molar-refractivity contribution is 5.87. The van der Waals surface area contributed by atoms with E-state index in [1.165, 1.54) is 22.7 Å². The number of aryl methyl sites for hydroxylation is 1. The third kappa shape index (κ3) is 3.29. The van der Waals surface area contributed by atoms with Crippen LogP contribution in [0.25, 0.3) is 16.6 Å². The highest BCUT2D eigenvalue weighted by Gasteiger charge is 2.21. The minimum absolute atomic E-state index is 0.119. The summed E-state index contributed by atoms with van der Waals surface area (Å²) in [5, 5.41) is 1.27. The highest BCUT2D eigenvalue weighted by Crippen LogP contribution is 2.31. The zero-order chi connectivity index (χ0) is 20.7. The monoisotopic (exact) mass is 400 g/mol. The first-order chi connectivity index (χ1) is 14.6. The van der Waals surface area contributed by atoms with Gasteiger partial charge in [-0.1, -0.05) is 12.1 Å². The summed E-state index contributed by atoms with van der Waals surface area (Å²) in [6, 6.07) is 15.3. The Morgan fingerprint density at radius 2 is 2.00 bits per heavy atom. The van der Waals surface area contributed by atoms with E-state index < -0.39 is 0 Å². The Morgan fingerprint density at radius 3 is 2.80 bits per heavy atom. The van der Waals surface area contributed by atoms with E-state index in [2.05, 4.69) is 40.7 Å². The lowest BCUT2D eigenvalue weighted by atomic mass is 10.0. The Hall–Kier alpha value is -3.38. The molecule has 6 nitrogen and oxygen atoms in total. The van der Waals surface area contributed by atoms with Gasteiger partial charge in [0.05, 0.1) is 16.9 Å². The quantitative estimate of drug-likeness (QED) is 0.528. The normalized spacial score (nSPS) is 14.1. The van der Waals surface area contributed by atoms with Crippen molar-refractivity contribution in [2.75, 3.05) is 13.6 Å². The molecule has 30 heavy (non-hydrogen) atoms. The fraction of sp³-hybridized carbons (Fsp3) is 0.250. The number of ether oxygens (including phenoxy) is 1. The zero-order valence-corrected chi connectivity index (χ0v) is 17.2. The molecule has 3 aromatic heterocycles. The van der Waals surface area contributed by atoms with Crippen LogP contribution in [-0.2, 0) is 26.6 Å². The molecule has 0 bridgehead atoms. The molecule has 5 rings (SSSR count). The van der Waals surface area contributed by atoms with Gasteiger partial charge >= 0.3 is 0 Å². The Balaban J connectivity index is 1.45. The van der Waals surface area contributed by atoms with Gasteiger partial charge in [0.15, 0.2) is 0 Å². The van der Waals surface area contributed by atoms with Crippen molar-refractivity contribution in [2.45, 2.75) is 19.6 Å². The second kappa shape index (κ2) is 7.46. The fourth-order valence-corrected chi connectivity index (χ4v) is 4.25. The van der Waals surface area contributed by atoms with Crippen molar-refractivity contribution >= 4 is 10.9 Å². The molecular weight excluding hydrogens is 376 g/mol. The van der Waals surface area contributed by atoms with E-state index in [0.29, 0.717) is 12.4 Å². The maximum atomic E-state index is 12.8. The summed E-state index contributed by atoms with van der Waals surface area (Å²) < 4.78 is 9.67. The number of benzene rings is 1. The summed E-state index contributed by atoms with van der Waals surface area (Å²) in [4.78, 5) is 19.4. The van der Waals surface area contributed by atoms with Gasteiger partial charge in [-0.15, -0.1) is 0 Å². The summed E-state index contributed by atoms with van der Waals surface area (Å²) in [6.07, 6.45) is 4.55. The Labute approximate surface area is 175 Å². The van der Waals surface area contributed by atoms with E-state index in [-0.39, 0.29) is 5.56 Å². The molecule has 1 aliphatic rings. The van der Waals surface area contributed by atoms with Crippen LogP contribution in [0.2, 0.25) is 0 Å². The molecule has 4 heterocycles. The summed E-state index contributed by atoms with van der Waals surface area (Å²) >= 11 is 0. The predicted molar refractivity (Wildman–Crippen MR) is 117 cm³/mol. The minimum atomic E-state index is -0.119. The molecule has 152 valence electrons. The third-order valence-corrected chi connectivity index (χ3v) is 5.86. The van der Waals surface area contributed by atoms with Gasteiger partial charge in [-0.05, 0) is 42.9 Å². The number of nitrogens with zero attached hydrogens (tertiary/aromatic N) is 4. The number of rotatable bonds is 4. The van der Waals surface area contributed by atoms with Crippen LogP contribution in [0.5, 0.6) is 5.75 Å². The molecule has 0 spiro atoms. The maximum Gasteiger partial charge on any atom is 0.258 e. The van der Waals surface area contributed by atoms with Crippen molar-refractivity contribution < 1.29 is 4.74 Å². The van der Waals surface area contributed by atoms with Gasteiger partial charge in [0.25, 0.3) is 5.56 Å². The first-order valence-electron chi connectivity index (χ1n) is 10.1. The van der Waals surface area contributed by atoms with Crippen LogP contribution in [-0.4, -0.2) is 32.6 Å². The van der Waals surface area contributed by atoms with E-state index >= 15 is 0 Å². The number of fused-ring (bicyclic) bond motifs is 3. The molecule has 0 fully saturated rings. The van der Waals surface area contributed by atoms with Crippen LogP contribution in [0.15, 0.2) is 65.7 Å². The Bertz CT molecular complexity index is 1270. The molecule has 0 saturated heterocycles. The van der Waals surface area contributed by atoms with E-state index in [0.717, 1.165) is 36.4 Å². The predicted octanol–water partition coefficient (Wildman–Crippen LogP) is 3.29. The lowest BCUT2D eigenvalue weighted by molar-refractivity contribution is 0.300. The van der Waals surface area contributed by atoms with Crippen molar-refractivity contribution in [1.29, 1.82) is 0 Å². The smallest absolute Gasteiger partial charge is 0.258 e. The zero-order valence-electron chi connectivity index (χ0n) is 17.2. The fourth-order valence-electron chi connectivity index (χ4n) is 4.25. The summed E-state index contributed by atoms with van der Waals surface area (Å²) in [5.74, 6) is 0.542. The molecule has 4 aromatic rings. The lowest BCUT2D eigenvalue weighted by Crippen LogP contribution is -2.26. The number of hydrogen-bond donors (Lipinski definition) is 0. The van der Waals surface area contributed by atoms with Crippen molar-refractivity contribution in [3.05, 3.63) is 88.2 Å². The molecule has 0 N–H and O–H groups in total. The standard InChI is InChI=1S/C24H24N4O2/c1-26-11-9-22-21(15-26)20-7-6-18(13-23(20)27(22)2)28-12-8-19(14-24(28)29)30-16-17-5-3-4-10-25-17/h3-8,10,12-14H,9,11,15-16H2,1-2H3. The van der Waals surface area contributed by atoms with Crippen LogP contribution < -0.4 is 10.3 Å². The summed E-state index contributed by atoms with van der Waals surface area (Å²) in [5.41, 5.74) is 5.52. The first kappa shape index (κ1) is 18.6. The molecule has 0 radical (unpaired) electrons. The van der Waals surface area contributed by atoms with E-state index in [1.807, 2.05) is 30.3 Å². The van der Waals surface area contributed by atoms with Gasteiger partial charge in [0, 0.05) is 56.1 Å². The van der Waals surface area contributed by atoms with Crippen molar-refractivity contribution in [2.24, 2.45) is 7.05 Å². The van der Waals surface area contributed by atoms with Gasteiger partial charge in [0.2, 0.25) is 0 Å². The van der Waals surface area contributed by atoms with E-state index in [4.69, 9.17) is 4.74 Å². The molecule has 0 saturated carbocycles. The topological polar surface area (TPSA) is 52.3 Å². The number of pyridine rings is 2. The van der Waals surface area contributed by atoms with Gasteiger partial charge in [-0.25, -0.2) is 0 Å². The maximum absolute atomic E-state index is 12.8. The number of hydrogen-bond acceptors (Lipinski definition) is 4. The van der Waals surface area contributed by atoms with Crippen LogP contribution in [0.3, 0.4) is 0 Å². The molecule has 1 aromatic carbocycles. The lowest BCUT2D eigenvalue weighted by Gasteiger charge is -2.23. The van der Waals surface area contributed by atoms with Crippen molar-refractivity contribution in [1.82, 2.24) is 19.0 Å². The Morgan fingerprint density at radius 1 is 1.10 bits per heavy atom. The van der Waals surface area contributed by atoms with Crippen LogP contribution in [0, 0.1) is 0 Å². The van der Waals surface area contributed by atoms with Gasteiger partial charge in [0.1, 0.15) is 12.4 Å². The average molecular weight is 400 g/mol. The third-order valence-electron chi connectivity index (χ3n) is 5.86. The molecule has 0 atom stereocenters. The van der Waals surface area contributed by atoms with Crippen molar-refractivity contribution in [3.63, 3.8) is 0 Å². The molecule has 0 aliphatic carbocycles. The van der Waals surface area contributed by atoms with E-state index in [9.17, 15) is 4.79 Å². The largest absolute Gasteiger partial charge is 0.487 e. The molecule has 6 heteroatoms. The molecule has 0 amide bonds. The minimum Gasteiger partial charge on any atom is -0.487 e. The summed E-state index contributed by atoms with van der Waals surface area (Å²) in [7, 11) is 4.28. The van der Waals surface area contributed by atoms with Crippen LogP contribution >= 0.6 is 0 Å². The molecule has 0 unspecified atom stereocenters. The van der Waals surface area contributed by atoms with Gasteiger partial charge in [-0.2, -0.15) is 0 Å². The second-order valence-corrected chi connectivity index (χ2v) is 7.85. The molecular formula is C24H24N4O2. The highest BCUT2D eigenvalue weighted by atomic mass is 16.5. The van der Waals surface area contributed by atoms with Crippen LogP contribution in [0.4, 0.5) is 0 Å². The van der Waals surface area contributed by atoms with Crippen molar-refractivity contribution in [3.8, 4) is 11.4 Å². The number of likely N-dealkylation sites (N-methyl/N-ethyl adjacent to an activating group) is 1. The first-order valence-corrected chi connectivity index (χ1v) is 10.1. The van der Waals surface area contributed by atoms with Gasteiger partial charge < -0.3 is 14.2 Å². The summed E-state index contributed by atoms with van der Waals surface area (Å²) in [6.45, 7) is 2.37. The average Bonchev–Trinajstić information content (AvgIpc) is 3.04. The van der Waals surface area contributed by atoms with Crippen LogP contribution in [0.1, 0.15) is 17.0 Å². The van der Waals surface area contributed by atoms with E-state index in [1.54, 1.807) is 17.0 Å². The Kier molecular flexibility index (Phi) is 4.64. The van der Waals surface area contributed by atoms with Gasteiger partial charge in [-0.3, -0.25) is 14.3 Å². The SMILES string of the molecule is CN1CCc2c(c3ccc(-n4ccc(OCc5ccccn5)cc4=O)cc3n2C)C1.